The maximum Gasteiger partial charge on any atom is 0.322 e. The summed E-state index contributed by atoms with van der Waals surface area (Å²) in [7, 11) is -3.93. The molecule has 8 heteroatoms. The molecule has 1 aromatic carbocycles. The highest BCUT2D eigenvalue weighted by Crippen LogP contribution is 2.35. The summed E-state index contributed by atoms with van der Waals surface area (Å²) in [6.45, 7) is 8.25. The van der Waals surface area contributed by atoms with E-state index in [1.165, 1.54) is 31.7 Å². The number of hydrogen-bond donors (Lipinski definition) is 2. The van der Waals surface area contributed by atoms with Crippen molar-refractivity contribution in [3.8, 4) is 5.75 Å². The van der Waals surface area contributed by atoms with Crippen molar-refractivity contribution < 1.29 is 23.1 Å². The number of carboxylic acid groups (broad SMARTS) is 1. The van der Waals surface area contributed by atoms with E-state index >= 15 is 0 Å². The van der Waals surface area contributed by atoms with Crippen LogP contribution in [0.2, 0.25) is 0 Å². The van der Waals surface area contributed by atoms with Crippen LogP contribution in [0, 0.1) is 12.3 Å². The molecule has 0 amide bonds. The Morgan fingerprint density at radius 1 is 1.18 bits per heavy atom. The number of nitrogens with one attached hydrogen (secondary N) is 1. The Hall–Kier alpha value is -1.64. The van der Waals surface area contributed by atoms with Gasteiger partial charge in [0.2, 0.25) is 10.0 Å². The van der Waals surface area contributed by atoms with Gasteiger partial charge in [-0.25, -0.2) is 8.42 Å². The third-order valence-corrected chi connectivity index (χ3v) is 8.97. The molecule has 2 aliphatic rings. The molecule has 33 heavy (non-hydrogen) atoms. The molecule has 1 aliphatic heterocycles. The van der Waals surface area contributed by atoms with E-state index in [2.05, 4.69) is 19.2 Å². The summed E-state index contributed by atoms with van der Waals surface area (Å²) in [5, 5.41) is 13.1. The van der Waals surface area contributed by atoms with Gasteiger partial charge >= 0.3 is 5.97 Å². The zero-order valence-corrected chi connectivity index (χ0v) is 21.1. The summed E-state index contributed by atoms with van der Waals surface area (Å²) in [5.41, 5.74) is 1.39. The molecule has 0 radical (unpaired) electrons. The van der Waals surface area contributed by atoms with E-state index in [4.69, 9.17) is 4.74 Å². The fourth-order valence-corrected chi connectivity index (χ4v) is 6.60. The number of unbranched alkanes of at least 4 members (excludes halogenated alkanes) is 2. The first-order valence-corrected chi connectivity index (χ1v) is 13.8. The quantitative estimate of drug-likeness (QED) is 0.458. The molecule has 1 heterocycles. The highest BCUT2D eigenvalue weighted by molar-refractivity contribution is 7.89. The lowest BCUT2D eigenvalue weighted by atomic mass is 9.75. The maximum absolute atomic E-state index is 13.2. The van der Waals surface area contributed by atoms with E-state index in [1.807, 2.05) is 6.92 Å². The lowest BCUT2D eigenvalue weighted by Crippen LogP contribution is -2.40. The summed E-state index contributed by atoms with van der Waals surface area (Å²) in [5.74, 6) is -0.787. The van der Waals surface area contributed by atoms with Gasteiger partial charge in [0.15, 0.2) is 0 Å². The Morgan fingerprint density at radius 2 is 1.91 bits per heavy atom. The summed E-state index contributed by atoms with van der Waals surface area (Å²) in [6.07, 6.45) is 8.86. The highest BCUT2D eigenvalue weighted by Gasteiger charge is 2.40. The number of nitrogens with zero attached hydrogens (tertiary/aromatic N) is 1. The minimum Gasteiger partial charge on any atom is -0.492 e. The molecular weight excluding hydrogens is 440 g/mol. The summed E-state index contributed by atoms with van der Waals surface area (Å²) in [6, 6.07) is 4.61. The van der Waals surface area contributed by atoms with Crippen LogP contribution >= 0.6 is 0 Å². The first-order chi connectivity index (χ1) is 15.6. The fraction of sp³-hybridized carbons (Fsp3) is 0.720. The van der Waals surface area contributed by atoms with Gasteiger partial charge in [-0.05, 0) is 94.4 Å². The summed E-state index contributed by atoms with van der Waals surface area (Å²) >= 11 is 0. The largest absolute Gasteiger partial charge is 0.492 e. The monoisotopic (exact) mass is 480 g/mol. The Morgan fingerprint density at radius 3 is 2.61 bits per heavy atom. The molecule has 0 spiro atoms. The Kier molecular flexibility index (Phi) is 8.81. The number of carbonyl (C=O) groups is 1. The lowest BCUT2D eigenvalue weighted by molar-refractivity contribution is -0.140. The maximum atomic E-state index is 13.2. The van der Waals surface area contributed by atoms with Crippen molar-refractivity contribution in [2.45, 2.75) is 95.5 Å². The van der Waals surface area contributed by atoms with E-state index in [0.717, 1.165) is 35.7 Å². The molecular formula is C25H40N2O5S. The summed E-state index contributed by atoms with van der Waals surface area (Å²) in [4.78, 5) is 11.6. The molecule has 7 nitrogen and oxygen atoms in total. The minimum atomic E-state index is -3.93. The molecule has 1 atom stereocenters. The second-order valence-electron chi connectivity index (χ2n) is 10.4. The molecule has 2 fully saturated rings. The van der Waals surface area contributed by atoms with Crippen LogP contribution in [0.5, 0.6) is 5.75 Å². The van der Waals surface area contributed by atoms with Crippen molar-refractivity contribution in [1.29, 1.82) is 0 Å². The molecule has 1 aliphatic carbocycles. The van der Waals surface area contributed by atoms with Gasteiger partial charge in [0.05, 0.1) is 6.61 Å². The molecule has 1 saturated carbocycles. The van der Waals surface area contributed by atoms with Crippen molar-refractivity contribution in [1.82, 2.24) is 9.62 Å². The Balaban J connectivity index is 1.48. The van der Waals surface area contributed by atoms with Gasteiger partial charge in [-0.2, -0.15) is 4.31 Å². The number of ether oxygens (including phenoxy) is 1. The average Bonchev–Trinajstić information content (AvgIpc) is 3.25. The number of benzene rings is 1. The molecule has 2 N–H and O–H groups in total. The number of aliphatic carboxylic acids is 1. The molecule has 0 bridgehead atoms. The first-order valence-electron chi connectivity index (χ1n) is 12.3. The number of rotatable bonds is 11. The van der Waals surface area contributed by atoms with Gasteiger partial charge in [-0.1, -0.05) is 19.9 Å². The number of aryl methyl sites for hydroxylation is 1. The van der Waals surface area contributed by atoms with Gasteiger partial charge < -0.3 is 15.2 Å². The Labute approximate surface area is 198 Å². The lowest BCUT2D eigenvalue weighted by Gasteiger charge is -2.34. The van der Waals surface area contributed by atoms with Gasteiger partial charge in [-0.3, -0.25) is 4.79 Å². The van der Waals surface area contributed by atoms with Crippen LogP contribution < -0.4 is 10.1 Å². The van der Waals surface area contributed by atoms with Gasteiger partial charge in [0.25, 0.3) is 0 Å². The van der Waals surface area contributed by atoms with Crippen molar-refractivity contribution in [3.05, 3.63) is 23.8 Å². The van der Waals surface area contributed by atoms with Crippen molar-refractivity contribution in [2.75, 3.05) is 19.7 Å². The smallest absolute Gasteiger partial charge is 0.322 e. The first kappa shape index (κ1) is 26.0. The fourth-order valence-electron chi connectivity index (χ4n) is 4.84. The number of hydrogen-bond acceptors (Lipinski definition) is 5. The van der Waals surface area contributed by atoms with Gasteiger partial charge in [-0.15, -0.1) is 0 Å². The number of sulfonamides is 1. The zero-order valence-electron chi connectivity index (χ0n) is 20.3. The third-order valence-electron chi connectivity index (χ3n) is 7.03. The van der Waals surface area contributed by atoms with Crippen LogP contribution in [0.1, 0.15) is 77.2 Å². The normalized spacial score (nSPS) is 21.8. The predicted molar refractivity (Wildman–Crippen MR) is 129 cm³/mol. The van der Waals surface area contributed by atoms with Crippen molar-refractivity contribution in [2.24, 2.45) is 5.41 Å². The standard InChI is InChI=1S/C25H40N2O5S/c1-19-9-10-23(33(30,31)27-16-7-8-21(27)24(28)29)22(18-19)32-17-6-4-5-15-26-20-11-13-25(2,3)14-12-20/h9-10,18,20-21,26H,4-8,11-17H2,1-3H3,(H,28,29)/t21-/m0/s1. The molecule has 186 valence electrons. The average molecular weight is 481 g/mol. The molecule has 1 saturated heterocycles. The topological polar surface area (TPSA) is 95.9 Å². The van der Waals surface area contributed by atoms with Crippen molar-refractivity contribution >= 4 is 16.0 Å². The van der Waals surface area contributed by atoms with Crippen LogP contribution in [0.15, 0.2) is 23.1 Å². The SMILES string of the molecule is Cc1ccc(S(=O)(=O)N2CCC[C@H]2C(=O)O)c(OCCCCCNC2CCC(C)(C)CC2)c1. The van der Waals surface area contributed by atoms with E-state index in [1.54, 1.807) is 12.1 Å². The molecule has 0 aromatic heterocycles. The molecule has 3 rings (SSSR count). The number of carboxylic acids is 1. The van der Waals surface area contributed by atoms with Gasteiger partial charge in [0.1, 0.15) is 16.7 Å². The second kappa shape index (κ2) is 11.2. The highest BCUT2D eigenvalue weighted by atomic mass is 32.2. The third kappa shape index (κ3) is 6.93. The zero-order chi connectivity index (χ0) is 24.1. The van der Waals surface area contributed by atoms with Gasteiger partial charge in [0, 0.05) is 12.6 Å². The van der Waals surface area contributed by atoms with E-state index in [0.29, 0.717) is 36.7 Å². The van der Waals surface area contributed by atoms with Crippen LogP contribution in [0.25, 0.3) is 0 Å². The van der Waals surface area contributed by atoms with Crippen LogP contribution in [0.4, 0.5) is 0 Å². The van der Waals surface area contributed by atoms with Crippen LogP contribution in [-0.4, -0.2) is 55.6 Å². The molecule has 1 aromatic rings. The van der Waals surface area contributed by atoms with Crippen LogP contribution in [0.3, 0.4) is 0 Å². The Bertz CT molecular complexity index is 905. The van der Waals surface area contributed by atoms with Crippen molar-refractivity contribution in [3.63, 3.8) is 0 Å². The van der Waals surface area contributed by atoms with Crippen LogP contribution in [-0.2, 0) is 14.8 Å². The van der Waals surface area contributed by atoms with E-state index in [-0.39, 0.29) is 11.4 Å². The summed E-state index contributed by atoms with van der Waals surface area (Å²) < 4.78 is 33.4. The van der Waals surface area contributed by atoms with E-state index in [9.17, 15) is 18.3 Å². The van der Waals surface area contributed by atoms with E-state index < -0.39 is 22.0 Å². The minimum absolute atomic E-state index is 0.0585. The second-order valence-corrected chi connectivity index (χ2v) is 12.2. The molecule has 0 unspecified atom stereocenters. The predicted octanol–water partition coefficient (Wildman–Crippen LogP) is 4.34.